The number of aromatic amines is 1. The molecule has 18 heavy (non-hydrogen) atoms. The molecule has 4 nitrogen and oxygen atoms in total. The van der Waals surface area contributed by atoms with Gasteiger partial charge in [-0.15, -0.1) is 0 Å². The second-order valence-electron chi connectivity index (χ2n) is 4.80. The van der Waals surface area contributed by atoms with E-state index in [1.165, 1.54) is 5.56 Å². The maximum absolute atomic E-state index is 5.63. The molecule has 0 bridgehead atoms. The topological polar surface area (TPSA) is 50.8 Å². The van der Waals surface area contributed by atoms with Crippen molar-refractivity contribution in [2.24, 2.45) is 0 Å². The lowest BCUT2D eigenvalue weighted by molar-refractivity contribution is 0.242. The van der Waals surface area contributed by atoms with Gasteiger partial charge in [-0.05, 0) is 43.9 Å². The zero-order valence-electron chi connectivity index (χ0n) is 11.1. The van der Waals surface area contributed by atoms with Gasteiger partial charge in [0.25, 0.3) is 0 Å². The number of nitrogens with one attached hydrogen (secondary N) is 1. The van der Waals surface area contributed by atoms with E-state index in [0.29, 0.717) is 5.92 Å². The van der Waals surface area contributed by atoms with Crippen LogP contribution in [0.2, 0.25) is 0 Å². The van der Waals surface area contributed by atoms with Crippen molar-refractivity contribution in [3.63, 3.8) is 0 Å². The summed E-state index contributed by atoms with van der Waals surface area (Å²) in [7, 11) is 0. The number of benzene rings is 1. The Morgan fingerprint density at radius 3 is 2.44 bits per heavy atom. The summed E-state index contributed by atoms with van der Waals surface area (Å²) in [6, 6.07) is 8.27. The number of hydrogen-bond acceptors (Lipinski definition) is 3. The van der Waals surface area contributed by atoms with Crippen molar-refractivity contribution in [3.05, 3.63) is 41.7 Å². The zero-order valence-corrected chi connectivity index (χ0v) is 11.1. The van der Waals surface area contributed by atoms with Crippen LogP contribution in [0.1, 0.15) is 37.9 Å². The molecule has 2 rings (SSSR count). The highest BCUT2D eigenvalue weighted by atomic mass is 16.5. The van der Waals surface area contributed by atoms with Gasteiger partial charge in [0.15, 0.2) is 0 Å². The van der Waals surface area contributed by atoms with Gasteiger partial charge in [-0.25, -0.2) is 0 Å². The van der Waals surface area contributed by atoms with Crippen LogP contribution in [0.25, 0.3) is 0 Å². The molecule has 1 N–H and O–H groups in total. The summed E-state index contributed by atoms with van der Waals surface area (Å²) in [6.07, 6.45) is 2.87. The van der Waals surface area contributed by atoms with Gasteiger partial charge in [-0.3, -0.25) is 0 Å². The van der Waals surface area contributed by atoms with E-state index in [0.717, 1.165) is 17.9 Å². The molecule has 96 valence electrons. The molecule has 0 spiro atoms. The molecule has 0 aliphatic carbocycles. The van der Waals surface area contributed by atoms with Gasteiger partial charge in [0.05, 0.1) is 18.0 Å². The molecule has 0 aliphatic rings. The molecule has 2 aromatic rings. The second-order valence-corrected chi connectivity index (χ2v) is 4.80. The predicted molar refractivity (Wildman–Crippen MR) is 70.7 cm³/mol. The van der Waals surface area contributed by atoms with Gasteiger partial charge >= 0.3 is 0 Å². The van der Waals surface area contributed by atoms with Gasteiger partial charge in [0.2, 0.25) is 0 Å². The van der Waals surface area contributed by atoms with Crippen LogP contribution >= 0.6 is 0 Å². The summed E-state index contributed by atoms with van der Waals surface area (Å²) in [4.78, 5) is 0. The van der Waals surface area contributed by atoms with E-state index < -0.39 is 0 Å². The van der Waals surface area contributed by atoms with Crippen LogP contribution in [0.15, 0.2) is 30.5 Å². The highest BCUT2D eigenvalue weighted by Crippen LogP contribution is 2.22. The Labute approximate surface area is 107 Å². The monoisotopic (exact) mass is 245 g/mol. The summed E-state index contributed by atoms with van der Waals surface area (Å²) in [5.41, 5.74) is 2.28. The van der Waals surface area contributed by atoms with Crippen LogP contribution in [-0.4, -0.2) is 21.5 Å². The average Bonchev–Trinajstić information content (AvgIpc) is 2.82. The molecule has 1 atom stereocenters. The van der Waals surface area contributed by atoms with Crippen molar-refractivity contribution >= 4 is 0 Å². The van der Waals surface area contributed by atoms with Gasteiger partial charge < -0.3 is 4.74 Å². The van der Waals surface area contributed by atoms with E-state index >= 15 is 0 Å². The van der Waals surface area contributed by atoms with Gasteiger partial charge in [-0.2, -0.15) is 15.4 Å². The molecule has 0 saturated heterocycles. The van der Waals surface area contributed by atoms with E-state index in [2.05, 4.69) is 34.5 Å². The molecule has 1 unspecified atom stereocenters. The first kappa shape index (κ1) is 12.6. The first-order chi connectivity index (χ1) is 8.65. The maximum atomic E-state index is 5.63. The van der Waals surface area contributed by atoms with E-state index in [4.69, 9.17) is 4.74 Å². The minimum atomic E-state index is 0.211. The van der Waals surface area contributed by atoms with Crippen molar-refractivity contribution in [1.29, 1.82) is 0 Å². The first-order valence-corrected chi connectivity index (χ1v) is 6.26. The summed E-state index contributed by atoms with van der Waals surface area (Å²) in [6.45, 7) is 6.25. The quantitative estimate of drug-likeness (QED) is 0.881. The average molecular weight is 245 g/mol. The van der Waals surface area contributed by atoms with Crippen molar-refractivity contribution in [2.75, 3.05) is 0 Å². The molecule has 0 amide bonds. The third-order valence-corrected chi connectivity index (χ3v) is 2.80. The van der Waals surface area contributed by atoms with Crippen molar-refractivity contribution in [2.45, 2.75) is 39.2 Å². The molecule has 1 aromatic carbocycles. The highest BCUT2D eigenvalue weighted by molar-refractivity contribution is 5.29. The Morgan fingerprint density at radius 2 is 1.89 bits per heavy atom. The van der Waals surface area contributed by atoms with Crippen molar-refractivity contribution < 1.29 is 4.74 Å². The van der Waals surface area contributed by atoms with E-state index in [-0.39, 0.29) is 6.10 Å². The summed E-state index contributed by atoms with van der Waals surface area (Å²) < 4.78 is 5.63. The first-order valence-electron chi connectivity index (χ1n) is 6.26. The summed E-state index contributed by atoms with van der Waals surface area (Å²) in [5, 5.41) is 10.5. The lowest BCUT2D eigenvalue weighted by Crippen LogP contribution is -2.05. The van der Waals surface area contributed by atoms with Crippen LogP contribution < -0.4 is 4.74 Å². The third-order valence-electron chi connectivity index (χ3n) is 2.80. The fourth-order valence-electron chi connectivity index (χ4n) is 1.90. The lowest BCUT2D eigenvalue weighted by atomic mass is 9.96. The molecule has 0 aliphatic heterocycles. The Kier molecular flexibility index (Phi) is 3.97. The lowest BCUT2D eigenvalue weighted by Gasteiger charge is -2.13. The number of hydrogen-bond donors (Lipinski definition) is 1. The summed E-state index contributed by atoms with van der Waals surface area (Å²) >= 11 is 0. The predicted octanol–water partition coefficient (Wildman–Crippen LogP) is 2.94. The Bertz CT molecular complexity index is 462. The minimum Gasteiger partial charge on any atom is -0.491 e. The van der Waals surface area contributed by atoms with Gasteiger partial charge in [0.1, 0.15) is 5.75 Å². The third kappa shape index (κ3) is 3.32. The minimum absolute atomic E-state index is 0.211. The number of H-pyrrole nitrogens is 1. The van der Waals surface area contributed by atoms with Crippen molar-refractivity contribution in [1.82, 2.24) is 15.4 Å². The highest BCUT2D eigenvalue weighted by Gasteiger charge is 2.08. The van der Waals surface area contributed by atoms with Gasteiger partial charge in [-0.1, -0.05) is 19.1 Å². The maximum Gasteiger partial charge on any atom is 0.119 e. The molecular formula is C14H19N3O. The van der Waals surface area contributed by atoms with Gasteiger partial charge in [0, 0.05) is 0 Å². The fourth-order valence-corrected chi connectivity index (χ4v) is 1.90. The largest absolute Gasteiger partial charge is 0.491 e. The van der Waals surface area contributed by atoms with Crippen LogP contribution in [0.3, 0.4) is 0 Å². The fraction of sp³-hybridized carbons (Fsp3) is 0.429. The Balaban J connectivity index is 2.00. The van der Waals surface area contributed by atoms with E-state index in [9.17, 15) is 0 Å². The molecule has 0 saturated carbocycles. The van der Waals surface area contributed by atoms with Crippen LogP contribution in [0.5, 0.6) is 5.75 Å². The molecular weight excluding hydrogens is 226 g/mol. The number of nitrogens with zero attached hydrogens (tertiary/aromatic N) is 2. The number of ether oxygens (including phenoxy) is 1. The second kappa shape index (κ2) is 5.67. The number of rotatable bonds is 5. The SMILES string of the molecule is CC(C)Oc1ccc(C(C)Cc2cn[nH]n2)cc1. The Morgan fingerprint density at radius 1 is 1.17 bits per heavy atom. The number of aromatic nitrogens is 3. The van der Waals surface area contributed by atoms with Crippen molar-refractivity contribution in [3.8, 4) is 5.75 Å². The molecule has 1 aromatic heterocycles. The summed E-state index contributed by atoms with van der Waals surface area (Å²) in [5.74, 6) is 1.34. The molecule has 0 radical (unpaired) electrons. The van der Waals surface area contributed by atoms with E-state index in [1.807, 2.05) is 26.0 Å². The zero-order chi connectivity index (χ0) is 13.0. The van der Waals surface area contributed by atoms with E-state index in [1.54, 1.807) is 6.20 Å². The van der Waals surface area contributed by atoms with Crippen LogP contribution in [-0.2, 0) is 6.42 Å². The van der Waals surface area contributed by atoms with Crippen LogP contribution in [0.4, 0.5) is 0 Å². The normalized spacial score (nSPS) is 12.7. The Hall–Kier alpha value is -1.84. The smallest absolute Gasteiger partial charge is 0.119 e. The molecule has 4 heteroatoms. The molecule has 0 fully saturated rings. The van der Waals surface area contributed by atoms with Crippen LogP contribution in [0, 0.1) is 0 Å². The standard InChI is InChI=1S/C14H19N3O/c1-10(2)18-14-6-4-12(5-7-14)11(3)8-13-9-15-17-16-13/h4-7,9-11H,8H2,1-3H3,(H,15,16,17). The molecule has 1 heterocycles.